The summed E-state index contributed by atoms with van der Waals surface area (Å²) in [4.78, 5) is 12.1. The van der Waals surface area contributed by atoms with Gasteiger partial charge in [-0.3, -0.25) is 4.79 Å². The molecule has 2 aromatic rings. The topological polar surface area (TPSA) is 63.5 Å². The molecule has 0 aliphatic rings. The lowest BCUT2D eigenvalue weighted by Gasteiger charge is -2.05. The number of carbonyl (C=O) groups is 1. The van der Waals surface area contributed by atoms with E-state index in [4.69, 9.17) is 9.15 Å². The van der Waals surface area contributed by atoms with E-state index in [0.717, 1.165) is 27.6 Å². The van der Waals surface area contributed by atoms with Gasteiger partial charge in [0.2, 0.25) is 0 Å². The van der Waals surface area contributed by atoms with Gasteiger partial charge >= 0.3 is 0 Å². The second kappa shape index (κ2) is 9.15. The smallest absolute Gasteiger partial charge is 0.287 e. The van der Waals surface area contributed by atoms with E-state index in [0.29, 0.717) is 25.5 Å². The number of aryl methyl sites for hydroxylation is 1. The van der Waals surface area contributed by atoms with E-state index in [1.807, 2.05) is 25.1 Å². The van der Waals surface area contributed by atoms with Gasteiger partial charge < -0.3 is 19.8 Å². The number of hydrogen-bond donors (Lipinski definition) is 2. The lowest BCUT2D eigenvalue weighted by Crippen LogP contribution is -2.33. The molecular weight excluding hydrogens is 372 g/mol. The SMILES string of the molecule is COCCNCCNC(=O)c1oc2ccc(Br)cc2c1C.Cl. The minimum Gasteiger partial charge on any atom is -0.451 e. The first-order chi connectivity index (χ1) is 10.1. The van der Waals surface area contributed by atoms with E-state index in [1.54, 1.807) is 7.11 Å². The lowest BCUT2D eigenvalue weighted by atomic mass is 10.1. The van der Waals surface area contributed by atoms with Gasteiger partial charge in [0.1, 0.15) is 5.58 Å². The minimum atomic E-state index is -0.187. The zero-order valence-corrected chi connectivity index (χ0v) is 15.0. The van der Waals surface area contributed by atoms with Gasteiger partial charge in [0, 0.05) is 42.2 Å². The zero-order valence-electron chi connectivity index (χ0n) is 12.6. The second-order valence-corrected chi connectivity index (χ2v) is 5.61. The molecule has 1 aromatic heterocycles. The van der Waals surface area contributed by atoms with E-state index < -0.39 is 0 Å². The molecule has 1 aromatic carbocycles. The molecule has 0 atom stereocenters. The first-order valence-electron chi connectivity index (χ1n) is 6.80. The highest BCUT2D eigenvalue weighted by Gasteiger charge is 2.17. The van der Waals surface area contributed by atoms with Crippen molar-refractivity contribution in [1.29, 1.82) is 0 Å². The highest BCUT2D eigenvalue weighted by atomic mass is 79.9. The molecule has 0 unspecified atom stereocenters. The van der Waals surface area contributed by atoms with Crippen LogP contribution in [0.5, 0.6) is 0 Å². The predicted octanol–water partition coefficient (Wildman–Crippen LogP) is 2.89. The van der Waals surface area contributed by atoms with Crippen molar-refractivity contribution >= 4 is 45.2 Å². The fourth-order valence-corrected chi connectivity index (χ4v) is 2.41. The Balaban J connectivity index is 0.00000242. The van der Waals surface area contributed by atoms with Crippen molar-refractivity contribution in [3.63, 3.8) is 0 Å². The van der Waals surface area contributed by atoms with E-state index in [2.05, 4.69) is 26.6 Å². The number of nitrogens with one attached hydrogen (secondary N) is 2. The Morgan fingerprint density at radius 3 is 2.82 bits per heavy atom. The van der Waals surface area contributed by atoms with Crippen molar-refractivity contribution in [3.05, 3.63) is 34.0 Å². The lowest BCUT2D eigenvalue weighted by molar-refractivity contribution is 0.0927. The van der Waals surface area contributed by atoms with Gasteiger partial charge in [-0.1, -0.05) is 15.9 Å². The molecule has 0 aliphatic heterocycles. The standard InChI is InChI=1S/C15H19BrN2O3.ClH/c1-10-12-9-11(16)3-4-13(12)21-14(10)15(19)18-6-5-17-7-8-20-2;/h3-4,9,17H,5-8H2,1-2H3,(H,18,19);1H. The maximum absolute atomic E-state index is 12.1. The fraction of sp³-hybridized carbons (Fsp3) is 0.400. The van der Waals surface area contributed by atoms with Gasteiger partial charge in [-0.2, -0.15) is 0 Å². The van der Waals surface area contributed by atoms with Gasteiger partial charge in [-0.15, -0.1) is 12.4 Å². The van der Waals surface area contributed by atoms with Gasteiger partial charge in [0.25, 0.3) is 5.91 Å². The molecule has 0 spiro atoms. The van der Waals surface area contributed by atoms with Crippen molar-refractivity contribution in [3.8, 4) is 0 Å². The Hall–Kier alpha value is -1.08. The maximum atomic E-state index is 12.1. The van der Waals surface area contributed by atoms with Crippen LogP contribution in [0.3, 0.4) is 0 Å². The summed E-state index contributed by atoms with van der Waals surface area (Å²) in [6.45, 7) is 4.56. The molecule has 1 amide bonds. The monoisotopic (exact) mass is 390 g/mol. The average molecular weight is 392 g/mol. The van der Waals surface area contributed by atoms with Gasteiger partial charge in [-0.05, 0) is 25.1 Å². The molecule has 122 valence electrons. The molecule has 0 fully saturated rings. The second-order valence-electron chi connectivity index (χ2n) is 4.70. The van der Waals surface area contributed by atoms with E-state index in [-0.39, 0.29) is 18.3 Å². The molecule has 0 aliphatic carbocycles. The van der Waals surface area contributed by atoms with Crippen molar-refractivity contribution < 1.29 is 13.9 Å². The number of furan rings is 1. The number of fused-ring (bicyclic) bond motifs is 1. The molecule has 2 N–H and O–H groups in total. The third-order valence-corrected chi connectivity index (χ3v) is 3.67. The minimum absolute atomic E-state index is 0. The quantitative estimate of drug-likeness (QED) is 0.712. The molecule has 0 saturated carbocycles. The maximum Gasteiger partial charge on any atom is 0.287 e. The Bertz CT molecular complexity index is 631. The molecular formula is C15H20BrClN2O3. The Kier molecular flexibility index (Phi) is 7.89. The third kappa shape index (κ3) is 4.71. The Labute approximate surface area is 144 Å². The molecule has 2 rings (SSSR count). The third-order valence-electron chi connectivity index (χ3n) is 3.17. The molecule has 0 bridgehead atoms. The summed E-state index contributed by atoms with van der Waals surface area (Å²) in [7, 11) is 1.66. The van der Waals surface area contributed by atoms with Crippen LogP contribution in [-0.2, 0) is 4.74 Å². The molecule has 0 radical (unpaired) electrons. The number of ether oxygens (including phenoxy) is 1. The van der Waals surface area contributed by atoms with Crippen LogP contribution in [0.15, 0.2) is 27.1 Å². The average Bonchev–Trinajstić information content (AvgIpc) is 2.79. The molecule has 7 heteroatoms. The van der Waals surface area contributed by atoms with Crippen LogP contribution in [0.4, 0.5) is 0 Å². The normalized spacial score (nSPS) is 10.5. The molecule has 0 saturated heterocycles. The van der Waals surface area contributed by atoms with Crippen LogP contribution < -0.4 is 10.6 Å². The number of amides is 1. The highest BCUT2D eigenvalue weighted by Crippen LogP contribution is 2.27. The van der Waals surface area contributed by atoms with E-state index in [1.165, 1.54) is 0 Å². The van der Waals surface area contributed by atoms with Crippen LogP contribution in [-0.4, -0.2) is 39.3 Å². The summed E-state index contributed by atoms with van der Waals surface area (Å²) in [6, 6.07) is 5.71. The number of hydrogen-bond acceptors (Lipinski definition) is 4. The summed E-state index contributed by atoms with van der Waals surface area (Å²) in [5.41, 5.74) is 1.58. The van der Waals surface area contributed by atoms with Crippen LogP contribution in [0, 0.1) is 6.92 Å². The summed E-state index contributed by atoms with van der Waals surface area (Å²) < 4.78 is 11.5. The molecule has 22 heavy (non-hydrogen) atoms. The first-order valence-corrected chi connectivity index (χ1v) is 7.59. The number of methoxy groups -OCH3 is 1. The number of halogens is 2. The van der Waals surface area contributed by atoms with Crippen LogP contribution in [0.25, 0.3) is 11.0 Å². The Morgan fingerprint density at radius 1 is 1.32 bits per heavy atom. The van der Waals surface area contributed by atoms with E-state index >= 15 is 0 Å². The van der Waals surface area contributed by atoms with Crippen molar-refractivity contribution in [1.82, 2.24) is 10.6 Å². The van der Waals surface area contributed by atoms with Crippen LogP contribution in [0.2, 0.25) is 0 Å². The molecule has 5 nitrogen and oxygen atoms in total. The van der Waals surface area contributed by atoms with Crippen LogP contribution >= 0.6 is 28.3 Å². The number of benzene rings is 1. The van der Waals surface area contributed by atoms with Gasteiger partial charge in [-0.25, -0.2) is 0 Å². The largest absolute Gasteiger partial charge is 0.451 e. The first kappa shape index (κ1) is 19.0. The summed E-state index contributed by atoms with van der Waals surface area (Å²) in [6.07, 6.45) is 0. The summed E-state index contributed by atoms with van der Waals surface area (Å²) in [5, 5.41) is 6.96. The number of rotatable bonds is 7. The van der Waals surface area contributed by atoms with Crippen molar-refractivity contribution in [2.45, 2.75) is 6.92 Å². The summed E-state index contributed by atoms with van der Waals surface area (Å²) in [5.74, 6) is 0.188. The van der Waals surface area contributed by atoms with E-state index in [9.17, 15) is 4.79 Å². The Morgan fingerprint density at radius 2 is 2.09 bits per heavy atom. The van der Waals surface area contributed by atoms with Gasteiger partial charge in [0.05, 0.1) is 6.61 Å². The van der Waals surface area contributed by atoms with Crippen LogP contribution in [0.1, 0.15) is 16.1 Å². The van der Waals surface area contributed by atoms with Crippen molar-refractivity contribution in [2.24, 2.45) is 0 Å². The molecule has 1 heterocycles. The fourth-order valence-electron chi connectivity index (χ4n) is 2.05. The predicted molar refractivity (Wildman–Crippen MR) is 93.0 cm³/mol. The van der Waals surface area contributed by atoms with Gasteiger partial charge in [0.15, 0.2) is 5.76 Å². The number of carbonyl (C=O) groups excluding carboxylic acids is 1. The zero-order chi connectivity index (χ0) is 15.2. The van der Waals surface area contributed by atoms with Crippen molar-refractivity contribution in [2.75, 3.05) is 33.4 Å². The summed E-state index contributed by atoms with van der Waals surface area (Å²) >= 11 is 3.42. The highest BCUT2D eigenvalue weighted by molar-refractivity contribution is 9.10.